The lowest BCUT2D eigenvalue weighted by molar-refractivity contribution is -0.139. The van der Waals surface area contributed by atoms with Crippen molar-refractivity contribution in [1.29, 1.82) is 5.26 Å². The molecule has 0 radical (unpaired) electrons. The molecule has 114 valence electrons. The second-order valence-corrected chi connectivity index (χ2v) is 4.53. The van der Waals surface area contributed by atoms with Crippen molar-refractivity contribution in [3.8, 4) is 22.9 Å². The number of hydrogen-bond donors (Lipinski definition) is 2. The number of aromatic amines is 1. The highest BCUT2D eigenvalue weighted by Crippen LogP contribution is 2.39. The summed E-state index contributed by atoms with van der Waals surface area (Å²) in [5, 5.41) is 18.7. The molecule has 1 aromatic heterocycles. The molecule has 0 aliphatic heterocycles. The topological polar surface area (TPSA) is 76.9 Å². The van der Waals surface area contributed by atoms with Crippen molar-refractivity contribution >= 4 is 0 Å². The van der Waals surface area contributed by atoms with Crippen LogP contribution < -0.4 is 5.56 Å². The van der Waals surface area contributed by atoms with E-state index in [9.17, 15) is 27.5 Å². The molecule has 0 aliphatic carbocycles. The van der Waals surface area contributed by atoms with Crippen LogP contribution in [0.15, 0.2) is 23.0 Å². The first kappa shape index (κ1) is 15.6. The van der Waals surface area contributed by atoms with Crippen molar-refractivity contribution in [3.05, 3.63) is 51.2 Å². The average Bonchev–Trinajstić information content (AvgIpc) is 2.36. The molecule has 0 spiro atoms. The number of nitriles is 1. The number of alkyl halides is 3. The fraction of sp³-hybridized carbons (Fsp3) is 0.143. The van der Waals surface area contributed by atoms with E-state index in [-0.39, 0.29) is 11.3 Å². The van der Waals surface area contributed by atoms with Crippen LogP contribution in [0.5, 0.6) is 5.75 Å². The van der Waals surface area contributed by atoms with Gasteiger partial charge in [-0.1, -0.05) is 0 Å². The third-order valence-electron chi connectivity index (χ3n) is 2.96. The van der Waals surface area contributed by atoms with E-state index in [0.717, 1.165) is 0 Å². The highest BCUT2D eigenvalue weighted by molar-refractivity contribution is 5.76. The zero-order valence-corrected chi connectivity index (χ0v) is 11.0. The number of phenols is 1. The monoisotopic (exact) mass is 312 g/mol. The second-order valence-electron chi connectivity index (χ2n) is 4.53. The molecular weight excluding hydrogens is 304 g/mol. The molecular formula is C14H8F4N2O2. The number of aromatic nitrogens is 1. The van der Waals surface area contributed by atoms with Gasteiger partial charge in [0.25, 0.3) is 5.56 Å². The van der Waals surface area contributed by atoms with Gasteiger partial charge in [0.05, 0.1) is 5.56 Å². The number of phenolic OH excluding ortho intramolecular Hbond substituents is 1. The molecule has 1 heterocycles. The minimum Gasteiger partial charge on any atom is -0.507 e. The molecule has 0 unspecified atom stereocenters. The molecule has 1 aromatic carbocycles. The maximum Gasteiger partial charge on any atom is 0.419 e. The molecule has 0 aliphatic rings. The van der Waals surface area contributed by atoms with Crippen LogP contribution in [-0.4, -0.2) is 10.1 Å². The minimum absolute atomic E-state index is 0.202. The molecule has 0 atom stereocenters. The van der Waals surface area contributed by atoms with E-state index >= 15 is 0 Å². The van der Waals surface area contributed by atoms with Crippen molar-refractivity contribution < 1.29 is 22.7 Å². The van der Waals surface area contributed by atoms with E-state index in [4.69, 9.17) is 5.26 Å². The van der Waals surface area contributed by atoms with Gasteiger partial charge in [-0.2, -0.15) is 18.4 Å². The number of rotatable bonds is 1. The number of H-pyrrole nitrogens is 1. The summed E-state index contributed by atoms with van der Waals surface area (Å²) in [6.07, 6.45) is -4.98. The summed E-state index contributed by atoms with van der Waals surface area (Å²) in [7, 11) is 0. The SMILES string of the molecule is Cc1cc(-c2cc(C(F)(F)F)c(F)cc2O)c(C#N)c(=O)[nH]1. The summed E-state index contributed by atoms with van der Waals surface area (Å²) in [5.41, 5.74) is -3.25. The number of halogens is 4. The van der Waals surface area contributed by atoms with E-state index < -0.39 is 40.0 Å². The van der Waals surface area contributed by atoms with Gasteiger partial charge >= 0.3 is 6.18 Å². The van der Waals surface area contributed by atoms with E-state index in [0.29, 0.717) is 12.1 Å². The average molecular weight is 312 g/mol. The lowest BCUT2D eigenvalue weighted by Gasteiger charge is -2.13. The lowest BCUT2D eigenvalue weighted by atomic mass is 9.97. The molecule has 2 aromatic rings. The number of pyridine rings is 1. The Morgan fingerprint density at radius 3 is 2.41 bits per heavy atom. The summed E-state index contributed by atoms with van der Waals surface area (Å²) < 4.78 is 51.7. The zero-order chi connectivity index (χ0) is 16.7. The Labute approximate surface area is 121 Å². The van der Waals surface area contributed by atoms with Gasteiger partial charge in [0.15, 0.2) is 0 Å². The van der Waals surface area contributed by atoms with Crippen LogP contribution in [0.1, 0.15) is 16.8 Å². The first-order chi connectivity index (χ1) is 10.1. The normalized spacial score (nSPS) is 11.3. The highest BCUT2D eigenvalue weighted by Gasteiger charge is 2.35. The van der Waals surface area contributed by atoms with Gasteiger partial charge in [-0.05, 0) is 19.1 Å². The number of aromatic hydroxyl groups is 1. The highest BCUT2D eigenvalue weighted by atomic mass is 19.4. The Kier molecular flexibility index (Phi) is 3.67. The smallest absolute Gasteiger partial charge is 0.419 e. The molecule has 8 heteroatoms. The van der Waals surface area contributed by atoms with Crippen LogP contribution >= 0.6 is 0 Å². The summed E-state index contributed by atoms with van der Waals surface area (Å²) in [4.78, 5) is 14.0. The Morgan fingerprint density at radius 1 is 1.23 bits per heavy atom. The third kappa shape index (κ3) is 2.65. The molecule has 0 saturated heterocycles. The van der Waals surface area contributed by atoms with E-state index in [1.165, 1.54) is 13.0 Å². The molecule has 2 N–H and O–H groups in total. The van der Waals surface area contributed by atoms with Gasteiger partial charge in [0.1, 0.15) is 23.2 Å². The summed E-state index contributed by atoms with van der Waals surface area (Å²) in [6.45, 7) is 1.46. The van der Waals surface area contributed by atoms with E-state index in [2.05, 4.69) is 4.98 Å². The first-order valence-electron chi connectivity index (χ1n) is 5.89. The first-order valence-corrected chi connectivity index (χ1v) is 5.89. The van der Waals surface area contributed by atoms with E-state index in [1.807, 2.05) is 0 Å². The maximum absolute atomic E-state index is 13.4. The van der Waals surface area contributed by atoms with Crippen LogP contribution in [-0.2, 0) is 6.18 Å². The lowest BCUT2D eigenvalue weighted by Crippen LogP contribution is -2.13. The molecule has 0 bridgehead atoms. The van der Waals surface area contributed by atoms with E-state index in [1.54, 1.807) is 6.07 Å². The number of benzene rings is 1. The fourth-order valence-electron chi connectivity index (χ4n) is 2.01. The number of aryl methyl sites for hydroxylation is 1. The molecule has 2 rings (SSSR count). The summed E-state index contributed by atoms with van der Waals surface area (Å²) in [6, 6.07) is 3.47. The van der Waals surface area contributed by atoms with Crippen LogP contribution in [0.4, 0.5) is 17.6 Å². The largest absolute Gasteiger partial charge is 0.507 e. The molecule has 4 nitrogen and oxygen atoms in total. The van der Waals surface area contributed by atoms with Gasteiger partial charge in [-0.15, -0.1) is 0 Å². The Balaban J connectivity index is 2.85. The number of hydrogen-bond acceptors (Lipinski definition) is 3. The number of nitrogens with zero attached hydrogens (tertiary/aromatic N) is 1. The predicted octanol–water partition coefficient (Wildman–Crippen LogP) is 3.09. The quantitative estimate of drug-likeness (QED) is 0.794. The Bertz CT molecular complexity index is 848. The second kappa shape index (κ2) is 5.18. The summed E-state index contributed by atoms with van der Waals surface area (Å²) in [5.74, 6) is -2.44. The maximum atomic E-state index is 13.4. The third-order valence-corrected chi connectivity index (χ3v) is 2.96. The predicted molar refractivity (Wildman–Crippen MR) is 68.6 cm³/mol. The minimum atomic E-state index is -4.98. The van der Waals surface area contributed by atoms with Crippen molar-refractivity contribution in [2.24, 2.45) is 0 Å². The molecule has 22 heavy (non-hydrogen) atoms. The summed E-state index contributed by atoms with van der Waals surface area (Å²) >= 11 is 0. The van der Waals surface area contributed by atoms with Crippen LogP contribution in [0.3, 0.4) is 0 Å². The van der Waals surface area contributed by atoms with Gasteiger partial charge in [-0.3, -0.25) is 4.79 Å². The van der Waals surface area contributed by atoms with Crippen molar-refractivity contribution in [2.75, 3.05) is 0 Å². The standard InChI is InChI=1S/C14H8F4N2O2/c1-6-2-7(9(5-19)13(22)20-6)8-3-10(14(16,17)18)11(15)4-12(8)21/h2-4,21H,1H3,(H,20,22). The van der Waals surface area contributed by atoms with Crippen molar-refractivity contribution in [2.45, 2.75) is 13.1 Å². The van der Waals surface area contributed by atoms with Crippen molar-refractivity contribution in [3.63, 3.8) is 0 Å². The zero-order valence-electron chi connectivity index (χ0n) is 11.0. The van der Waals surface area contributed by atoms with Crippen LogP contribution in [0.25, 0.3) is 11.1 Å². The van der Waals surface area contributed by atoms with Crippen LogP contribution in [0.2, 0.25) is 0 Å². The molecule has 0 fully saturated rings. The number of nitrogens with one attached hydrogen (secondary N) is 1. The molecule has 0 amide bonds. The van der Waals surface area contributed by atoms with Gasteiger partial charge in [-0.25, -0.2) is 4.39 Å². The van der Waals surface area contributed by atoms with Crippen molar-refractivity contribution in [1.82, 2.24) is 4.98 Å². The van der Waals surface area contributed by atoms with Crippen LogP contribution in [0, 0.1) is 24.1 Å². The van der Waals surface area contributed by atoms with Gasteiger partial charge < -0.3 is 10.1 Å². The Morgan fingerprint density at radius 2 is 1.86 bits per heavy atom. The Hall–Kier alpha value is -2.82. The van der Waals surface area contributed by atoms with Gasteiger partial charge in [0.2, 0.25) is 0 Å². The van der Waals surface area contributed by atoms with Gasteiger partial charge in [0, 0.05) is 22.9 Å². The fourth-order valence-corrected chi connectivity index (χ4v) is 2.01. The molecule has 0 saturated carbocycles.